The average Bonchev–Trinajstić information content (AvgIpc) is 2.82. The van der Waals surface area contributed by atoms with E-state index in [9.17, 15) is 19.6 Å². The molecule has 0 saturated carbocycles. The number of amides is 2. The van der Waals surface area contributed by atoms with Crippen LogP contribution in [0.5, 0.6) is 5.75 Å². The Hall–Kier alpha value is -3.29. The van der Waals surface area contributed by atoms with Crippen LogP contribution in [0.25, 0.3) is 0 Å². The zero-order valence-electron chi connectivity index (χ0n) is 17.8. The van der Waals surface area contributed by atoms with Gasteiger partial charge in [-0.25, -0.2) is 0 Å². The molecule has 8 nitrogen and oxygen atoms in total. The summed E-state index contributed by atoms with van der Waals surface area (Å²) in [6.45, 7) is 0. The fraction of sp³-hybridized carbons (Fsp3) is 0.217. The second-order valence-electron chi connectivity index (χ2n) is 6.92. The number of hydrogen-bond acceptors (Lipinski definition) is 7. The summed E-state index contributed by atoms with van der Waals surface area (Å²) in [5.74, 6) is -3.30. The van der Waals surface area contributed by atoms with Gasteiger partial charge in [0.2, 0.25) is 11.8 Å². The number of carbonyl (C=O) groups excluding carboxylic acids is 3. The summed E-state index contributed by atoms with van der Waals surface area (Å²) in [5.41, 5.74) is 1.35. The van der Waals surface area contributed by atoms with Gasteiger partial charge in [0.05, 0.1) is 41.1 Å². The zero-order chi connectivity index (χ0) is 24.0. The predicted octanol–water partition coefficient (Wildman–Crippen LogP) is 3.57. The first-order valence-corrected chi connectivity index (χ1v) is 11.5. The Morgan fingerprint density at radius 3 is 2.55 bits per heavy atom. The molecular weight excluding hydrogens is 510 g/mol. The summed E-state index contributed by atoms with van der Waals surface area (Å²) in [6, 6.07) is 16.1. The van der Waals surface area contributed by atoms with Gasteiger partial charge >= 0.3 is 5.97 Å². The van der Waals surface area contributed by atoms with Crippen molar-refractivity contribution in [1.29, 1.82) is 5.26 Å². The van der Waals surface area contributed by atoms with E-state index in [0.717, 1.165) is 11.8 Å². The molecule has 0 aliphatic carbocycles. The summed E-state index contributed by atoms with van der Waals surface area (Å²) in [6.07, 6.45) is 0. The van der Waals surface area contributed by atoms with Crippen LogP contribution in [0, 0.1) is 17.2 Å². The average molecular weight is 530 g/mol. The number of allylic oxidation sites excluding steroid dienone is 1. The van der Waals surface area contributed by atoms with Crippen LogP contribution in [0.2, 0.25) is 0 Å². The lowest BCUT2D eigenvalue weighted by Gasteiger charge is -2.31. The van der Waals surface area contributed by atoms with Crippen LogP contribution in [-0.2, 0) is 19.1 Å². The summed E-state index contributed by atoms with van der Waals surface area (Å²) in [7, 11) is 2.70. The van der Waals surface area contributed by atoms with E-state index >= 15 is 0 Å². The van der Waals surface area contributed by atoms with Gasteiger partial charge in [-0.3, -0.25) is 14.4 Å². The fourth-order valence-electron chi connectivity index (χ4n) is 3.41. The molecule has 3 rings (SSSR count). The number of ether oxygens (including phenoxy) is 2. The summed E-state index contributed by atoms with van der Waals surface area (Å²) >= 11 is 4.42. The van der Waals surface area contributed by atoms with Gasteiger partial charge in [0.15, 0.2) is 0 Å². The van der Waals surface area contributed by atoms with Crippen LogP contribution < -0.4 is 15.4 Å². The van der Waals surface area contributed by atoms with Crippen molar-refractivity contribution in [3.8, 4) is 11.8 Å². The number of rotatable bonds is 7. The first kappa shape index (κ1) is 24.4. The molecule has 0 radical (unpaired) electrons. The van der Waals surface area contributed by atoms with E-state index in [4.69, 9.17) is 9.47 Å². The molecule has 1 aliphatic heterocycles. The van der Waals surface area contributed by atoms with Crippen LogP contribution >= 0.6 is 27.7 Å². The SMILES string of the molecule is COC(=O)[C@@H]1C(=O)NC(SCC(=O)Nc2ccccc2)=C(C#N)[C@H]1c1ccc(OC)c(Br)c1. The summed E-state index contributed by atoms with van der Waals surface area (Å²) < 4.78 is 10.7. The van der Waals surface area contributed by atoms with Crippen LogP contribution in [0.4, 0.5) is 5.69 Å². The van der Waals surface area contributed by atoms with Gasteiger partial charge in [-0.15, -0.1) is 0 Å². The van der Waals surface area contributed by atoms with Gasteiger partial charge < -0.3 is 20.1 Å². The smallest absolute Gasteiger partial charge is 0.319 e. The van der Waals surface area contributed by atoms with Crippen LogP contribution in [0.15, 0.2) is 63.6 Å². The zero-order valence-corrected chi connectivity index (χ0v) is 20.2. The largest absolute Gasteiger partial charge is 0.496 e. The van der Waals surface area contributed by atoms with Crippen molar-refractivity contribution in [2.24, 2.45) is 5.92 Å². The van der Waals surface area contributed by atoms with Gasteiger partial charge in [0.25, 0.3) is 0 Å². The molecule has 0 fully saturated rings. The van der Waals surface area contributed by atoms with E-state index in [-0.39, 0.29) is 22.3 Å². The molecule has 10 heteroatoms. The summed E-state index contributed by atoms with van der Waals surface area (Å²) in [4.78, 5) is 37.7. The number of para-hydroxylation sites is 1. The standard InChI is InChI=1S/C23H20BrN3O5S/c1-31-17-9-8-13(10-16(17)24)19-15(11-25)22(27-21(29)20(19)23(30)32-2)33-12-18(28)26-14-6-4-3-5-7-14/h3-10,19-20H,12H2,1-2H3,(H,26,28)(H,27,29)/t19-,20+/m1/s1. The highest BCUT2D eigenvalue weighted by atomic mass is 79.9. The van der Waals surface area contributed by atoms with E-state index in [1.54, 1.807) is 42.5 Å². The highest BCUT2D eigenvalue weighted by Gasteiger charge is 2.44. The number of anilines is 1. The predicted molar refractivity (Wildman–Crippen MR) is 127 cm³/mol. The molecule has 2 aromatic carbocycles. The Morgan fingerprint density at radius 1 is 1.21 bits per heavy atom. The lowest BCUT2D eigenvalue weighted by Crippen LogP contribution is -2.44. The molecule has 170 valence electrons. The lowest BCUT2D eigenvalue weighted by atomic mass is 9.78. The molecule has 0 aromatic heterocycles. The van der Waals surface area contributed by atoms with Crippen molar-refractivity contribution in [1.82, 2.24) is 5.32 Å². The summed E-state index contributed by atoms with van der Waals surface area (Å²) in [5, 5.41) is 15.5. The van der Waals surface area contributed by atoms with Gasteiger partial charge in [-0.2, -0.15) is 5.26 Å². The molecule has 2 aromatic rings. The number of nitriles is 1. The minimum Gasteiger partial charge on any atom is -0.496 e. The van der Waals surface area contributed by atoms with E-state index < -0.39 is 23.7 Å². The van der Waals surface area contributed by atoms with E-state index in [0.29, 0.717) is 21.5 Å². The Kier molecular flexibility index (Phi) is 8.14. The van der Waals surface area contributed by atoms with Crippen molar-refractivity contribution < 1.29 is 23.9 Å². The minimum atomic E-state index is -1.26. The Morgan fingerprint density at radius 2 is 1.94 bits per heavy atom. The topological polar surface area (TPSA) is 118 Å². The van der Waals surface area contributed by atoms with Gasteiger partial charge in [-0.1, -0.05) is 36.0 Å². The first-order valence-electron chi connectivity index (χ1n) is 9.73. The number of esters is 1. The molecule has 2 amide bonds. The molecule has 1 heterocycles. The Bertz CT molecular complexity index is 1150. The minimum absolute atomic E-state index is 0.0440. The molecule has 0 unspecified atom stereocenters. The van der Waals surface area contributed by atoms with Crippen molar-refractivity contribution in [2.45, 2.75) is 5.92 Å². The maximum atomic E-state index is 12.9. The third-order valence-electron chi connectivity index (χ3n) is 4.92. The molecule has 0 saturated heterocycles. The highest BCUT2D eigenvalue weighted by Crippen LogP contribution is 2.42. The molecule has 0 bridgehead atoms. The van der Waals surface area contributed by atoms with Crippen molar-refractivity contribution in [3.63, 3.8) is 0 Å². The maximum absolute atomic E-state index is 12.9. The molecule has 33 heavy (non-hydrogen) atoms. The molecule has 1 aliphatic rings. The normalized spacial score (nSPS) is 17.6. The van der Waals surface area contributed by atoms with Crippen LogP contribution in [-0.4, -0.2) is 37.8 Å². The number of halogens is 1. The van der Waals surface area contributed by atoms with Gasteiger partial charge in [0.1, 0.15) is 11.7 Å². The number of nitrogens with zero attached hydrogens (tertiary/aromatic N) is 1. The number of methoxy groups -OCH3 is 2. The fourth-order valence-corrected chi connectivity index (χ4v) is 4.82. The Balaban J connectivity index is 1.94. The maximum Gasteiger partial charge on any atom is 0.319 e. The highest BCUT2D eigenvalue weighted by molar-refractivity contribution is 9.10. The van der Waals surface area contributed by atoms with E-state index in [1.807, 2.05) is 6.07 Å². The van der Waals surface area contributed by atoms with Gasteiger partial charge in [0, 0.05) is 11.6 Å². The molecular formula is C23H20BrN3O5S. The quantitative estimate of drug-likeness (QED) is 0.415. The van der Waals surface area contributed by atoms with Crippen molar-refractivity contribution >= 4 is 51.2 Å². The Labute approximate surface area is 203 Å². The monoisotopic (exact) mass is 529 g/mol. The van der Waals surface area contributed by atoms with Crippen molar-refractivity contribution in [2.75, 3.05) is 25.3 Å². The van der Waals surface area contributed by atoms with E-state index in [2.05, 4.69) is 32.6 Å². The van der Waals surface area contributed by atoms with Crippen LogP contribution in [0.3, 0.4) is 0 Å². The number of carbonyl (C=O) groups is 3. The third-order valence-corrected chi connectivity index (χ3v) is 6.56. The molecule has 2 N–H and O–H groups in total. The molecule has 2 atom stereocenters. The van der Waals surface area contributed by atoms with Crippen LogP contribution in [0.1, 0.15) is 11.5 Å². The molecule has 0 spiro atoms. The van der Waals surface area contributed by atoms with Gasteiger partial charge in [-0.05, 0) is 45.8 Å². The third kappa shape index (κ3) is 5.56. The second-order valence-corrected chi connectivity index (χ2v) is 8.76. The number of benzene rings is 2. The number of hydrogen-bond donors (Lipinski definition) is 2. The van der Waals surface area contributed by atoms with E-state index in [1.165, 1.54) is 14.2 Å². The first-order chi connectivity index (χ1) is 15.9. The number of nitrogens with one attached hydrogen (secondary N) is 2. The van der Waals surface area contributed by atoms with Crippen molar-refractivity contribution in [3.05, 3.63) is 69.2 Å². The second kappa shape index (κ2) is 11.0. The lowest BCUT2D eigenvalue weighted by molar-refractivity contribution is -0.150. The number of thioether (sulfide) groups is 1.